The summed E-state index contributed by atoms with van der Waals surface area (Å²) in [7, 11) is 0. The van der Waals surface area contributed by atoms with Crippen molar-refractivity contribution in [1.82, 2.24) is 9.97 Å². The monoisotopic (exact) mass is 443 g/mol. The summed E-state index contributed by atoms with van der Waals surface area (Å²) < 4.78 is 0.880. The first-order chi connectivity index (χ1) is 15.4. The normalized spacial score (nSPS) is 17.9. The van der Waals surface area contributed by atoms with Crippen molar-refractivity contribution in [2.24, 2.45) is 0 Å². The molecule has 0 bridgehead atoms. The van der Waals surface area contributed by atoms with Gasteiger partial charge in [-0.15, -0.1) is 0 Å². The van der Waals surface area contributed by atoms with Crippen molar-refractivity contribution in [2.75, 3.05) is 4.90 Å². The smallest absolute Gasteiger partial charge is 0.301 e. The molecule has 1 aliphatic rings. The third-order valence-electron chi connectivity index (χ3n) is 5.32. The quantitative estimate of drug-likeness (QED) is 0.277. The summed E-state index contributed by atoms with van der Waals surface area (Å²) in [5.41, 5.74) is 2.54. The number of amides is 1. The van der Waals surface area contributed by atoms with E-state index in [0.29, 0.717) is 21.8 Å². The number of hydrogen-bond acceptors (Lipinski definition) is 7. The van der Waals surface area contributed by atoms with Gasteiger partial charge in [0, 0.05) is 18.0 Å². The molecule has 1 saturated heterocycles. The Labute approximate surface area is 186 Å². The van der Waals surface area contributed by atoms with Crippen LogP contribution in [0.25, 0.3) is 16.0 Å². The van der Waals surface area contributed by atoms with E-state index < -0.39 is 17.7 Å². The number of ketones is 1. The lowest BCUT2D eigenvalue weighted by atomic mass is 9.95. The van der Waals surface area contributed by atoms with Crippen LogP contribution in [0.2, 0.25) is 0 Å². The molecule has 1 fully saturated rings. The average molecular weight is 443 g/mol. The first kappa shape index (κ1) is 19.9. The van der Waals surface area contributed by atoms with Crippen molar-refractivity contribution in [1.29, 1.82) is 0 Å². The second kappa shape index (κ2) is 7.58. The van der Waals surface area contributed by atoms with Gasteiger partial charge in [-0.1, -0.05) is 29.5 Å². The number of hydrogen-bond donors (Lipinski definition) is 2. The van der Waals surface area contributed by atoms with Gasteiger partial charge >= 0.3 is 5.91 Å². The minimum atomic E-state index is -0.947. The van der Waals surface area contributed by atoms with Crippen LogP contribution in [0, 0.1) is 6.92 Å². The Hall–Kier alpha value is -4.04. The number of rotatable bonds is 3. The molecule has 2 aromatic heterocycles. The summed E-state index contributed by atoms with van der Waals surface area (Å²) in [4.78, 5) is 36.1. The molecule has 2 aromatic carbocycles. The molecule has 1 atom stereocenters. The molecule has 4 aromatic rings. The molecule has 1 amide bonds. The van der Waals surface area contributed by atoms with E-state index >= 15 is 0 Å². The average Bonchev–Trinajstić information content (AvgIpc) is 3.32. The fraction of sp³-hybridized carbons (Fsp3) is 0.0833. The van der Waals surface area contributed by atoms with Gasteiger partial charge in [-0.3, -0.25) is 19.5 Å². The number of phenolic OH excluding ortho intramolecular Hbond substituents is 1. The van der Waals surface area contributed by atoms with Crippen LogP contribution in [0.5, 0.6) is 5.75 Å². The van der Waals surface area contributed by atoms with Gasteiger partial charge in [0.1, 0.15) is 11.5 Å². The standard InChI is InChI=1S/C24H17N3O4S/c1-13-5-6-17-18(11-13)32-24(26-17)27-20(15-3-2-4-16(28)12-15)19(22(30)23(27)31)21(29)14-7-9-25-10-8-14/h2-12,20,28-29H,1H3/b21-19+. The summed E-state index contributed by atoms with van der Waals surface area (Å²) in [5.74, 6) is -1.93. The Bertz CT molecular complexity index is 1410. The molecule has 2 N–H and O–H groups in total. The van der Waals surface area contributed by atoms with E-state index in [2.05, 4.69) is 9.97 Å². The molecule has 0 spiro atoms. The number of fused-ring (bicyclic) bond motifs is 1. The number of phenols is 1. The number of aliphatic hydroxyl groups is 1. The van der Waals surface area contributed by atoms with E-state index in [1.807, 2.05) is 25.1 Å². The van der Waals surface area contributed by atoms with Crippen LogP contribution in [0.3, 0.4) is 0 Å². The first-order valence-electron chi connectivity index (χ1n) is 9.81. The van der Waals surface area contributed by atoms with Gasteiger partial charge < -0.3 is 10.2 Å². The van der Waals surface area contributed by atoms with Crippen LogP contribution in [0.4, 0.5) is 5.13 Å². The second-order valence-electron chi connectivity index (χ2n) is 7.47. The zero-order valence-corrected chi connectivity index (χ0v) is 17.7. The number of benzene rings is 2. The molecular weight excluding hydrogens is 426 g/mol. The molecule has 5 rings (SSSR count). The van der Waals surface area contributed by atoms with E-state index in [0.717, 1.165) is 10.3 Å². The highest BCUT2D eigenvalue weighted by atomic mass is 32.1. The van der Waals surface area contributed by atoms with Crippen LogP contribution >= 0.6 is 11.3 Å². The van der Waals surface area contributed by atoms with Crippen LogP contribution in [-0.2, 0) is 9.59 Å². The largest absolute Gasteiger partial charge is 0.508 e. The van der Waals surface area contributed by atoms with Crippen molar-refractivity contribution in [3.8, 4) is 5.75 Å². The van der Waals surface area contributed by atoms with Crippen LogP contribution in [0.15, 0.2) is 72.6 Å². The van der Waals surface area contributed by atoms with Crippen molar-refractivity contribution >= 4 is 44.1 Å². The minimum Gasteiger partial charge on any atom is -0.508 e. The summed E-state index contributed by atoms with van der Waals surface area (Å²) in [5, 5.41) is 21.4. The molecule has 1 unspecified atom stereocenters. The first-order valence-corrected chi connectivity index (χ1v) is 10.6. The molecule has 3 heterocycles. The van der Waals surface area contributed by atoms with Gasteiger partial charge in [0.05, 0.1) is 21.8 Å². The van der Waals surface area contributed by atoms with E-state index in [4.69, 9.17) is 0 Å². The Kier molecular flexibility index (Phi) is 4.71. The number of aromatic hydroxyl groups is 1. The molecule has 7 nitrogen and oxygen atoms in total. The highest BCUT2D eigenvalue weighted by Gasteiger charge is 2.48. The number of anilines is 1. The maximum absolute atomic E-state index is 13.2. The molecule has 32 heavy (non-hydrogen) atoms. The summed E-state index contributed by atoms with van der Waals surface area (Å²) in [6, 6.07) is 14.2. The van der Waals surface area contributed by atoms with Crippen LogP contribution in [-0.4, -0.2) is 31.9 Å². The second-order valence-corrected chi connectivity index (χ2v) is 8.48. The van der Waals surface area contributed by atoms with Crippen molar-refractivity contribution < 1.29 is 19.8 Å². The highest BCUT2D eigenvalue weighted by molar-refractivity contribution is 7.22. The lowest BCUT2D eigenvalue weighted by molar-refractivity contribution is -0.132. The zero-order valence-electron chi connectivity index (χ0n) is 16.9. The maximum Gasteiger partial charge on any atom is 0.301 e. The van der Waals surface area contributed by atoms with Gasteiger partial charge in [0.25, 0.3) is 5.78 Å². The number of aliphatic hydroxyl groups excluding tert-OH is 1. The Morgan fingerprint density at radius 3 is 2.59 bits per heavy atom. The van der Waals surface area contributed by atoms with Gasteiger partial charge in [-0.05, 0) is 54.4 Å². The molecule has 8 heteroatoms. The van der Waals surface area contributed by atoms with Crippen LogP contribution < -0.4 is 4.90 Å². The highest BCUT2D eigenvalue weighted by Crippen LogP contribution is 2.44. The third kappa shape index (κ3) is 3.21. The lowest BCUT2D eigenvalue weighted by Crippen LogP contribution is -2.29. The van der Waals surface area contributed by atoms with E-state index in [1.165, 1.54) is 40.8 Å². The number of thiazole rings is 1. The molecule has 0 radical (unpaired) electrons. The Balaban J connectivity index is 1.75. The van der Waals surface area contributed by atoms with Crippen molar-refractivity contribution in [2.45, 2.75) is 13.0 Å². The van der Waals surface area contributed by atoms with Crippen molar-refractivity contribution in [3.63, 3.8) is 0 Å². The van der Waals surface area contributed by atoms with E-state index in [9.17, 15) is 19.8 Å². The number of nitrogens with zero attached hydrogens (tertiary/aromatic N) is 3. The predicted molar refractivity (Wildman–Crippen MR) is 121 cm³/mol. The topological polar surface area (TPSA) is 104 Å². The Morgan fingerprint density at radius 1 is 1.06 bits per heavy atom. The number of carbonyl (C=O) groups excluding carboxylic acids is 2. The lowest BCUT2D eigenvalue weighted by Gasteiger charge is -2.23. The summed E-state index contributed by atoms with van der Waals surface area (Å²) in [6.45, 7) is 1.96. The fourth-order valence-electron chi connectivity index (χ4n) is 3.83. The summed E-state index contributed by atoms with van der Waals surface area (Å²) >= 11 is 1.29. The molecule has 158 valence electrons. The number of aryl methyl sites for hydroxylation is 1. The van der Waals surface area contributed by atoms with E-state index in [1.54, 1.807) is 24.3 Å². The third-order valence-corrected chi connectivity index (χ3v) is 6.34. The number of aromatic nitrogens is 2. The number of carbonyl (C=O) groups is 2. The van der Waals surface area contributed by atoms with E-state index in [-0.39, 0.29) is 17.1 Å². The SMILES string of the molecule is Cc1ccc2nc(N3C(=O)C(=O)/C(=C(/O)c4ccncc4)C3c3cccc(O)c3)sc2c1. The van der Waals surface area contributed by atoms with Gasteiger partial charge in [-0.2, -0.15) is 0 Å². The van der Waals surface area contributed by atoms with Gasteiger partial charge in [-0.25, -0.2) is 4.98 Å². The van der Waals surface area contributed by atoms with Gasteiger partial charge in [0.2, 0.25) is 0 Å². The molecule has 0 aliphatic carbocycles. The zero-order chi connectivity index (χ0) is 22.4. The Morgan fingerprint density at radius 2 is 1.84 bits per heavy atom. The molecular formula is C24H17N3O4S. The minimum absolute atomic E-state index is 0.0167. The fourth-order valence-corrected chi connectivity index (χ4v) is 4.92. The molecule has 1 aliphatic heterocycles. The maximum atomic E-state index is 13.2. The summed E-state index contributed by atoms with van der Waals surface area (Å²) in [6.07, 6.45) is 2.98. The number of pyridine rings is 1. The van der Waals surface area contributed by atoms with Crippen LogP contribution in [0.1, 0.15) is 22.7 Å². The number of Topliss-reactive ketones (excluding diaryl/α,β-unsaturated/α-hetero) is 1. The van der Waals surface area contributed by atoms with Crippen molar-refractivity contribution in [3.05, 3.63) is 89.3 Å². The predicted octanol–water partition coefficient (Wildman–Crippen LogP) is 4.33. The molecule has 0 saturated carbocycles. The van der Waals surface area contributed by atoms with Gasteiger partial charge in [0.15, 0.2) is 5.13 Å².